The first-order valence-corrected chi connectivity index (χ1v) is 11.6. The molecule has 1 aliphatic carbocycles. The van der Waals surface area contributed by atoms with Gasteiger partial charge in [-0.25, -0.2) is 8.42 Å². The minimum absolute atomic E-state index is 0.0902. The van der Waals surface area contributed by atoms with Gasteiger partial charge in [0.05, 0.1) is 15.6 Å². The third-order valence-electron chi connectivity index (χ3n) is 6.30. The van der Waals surface area contributed by atoms with Crippen molar-refractivity contribution in [3.05, 3.63) is 54.6 Å². The molecule has 1 aliphatic heterocycles. The molecule has 4 rings (SSSR count). The first kappa shape index (κ1) is 21.7. The molecule has 1 saturated carbocycles. The largest absolute Gasteiger partial charge is 0.573 e. The Balaban J connectivity index is 1.44. The molecule has 1 saturated heterocycles. The molecule has 1 heterocycles. The number of ether oxygens (including phenoxy) is 1. The number of hydrogen-bond acceptors (Lipinski definition) is 4. The second-order valence-electron chi connectivity index (χ2n) is 8.09. The molecule has 31 heavy (non-hydrogen) atoms. The second kappa shape index (κ2) is 7.85. The van der Waals surface area contributed by atoms with Crippen LogP contribution >= 0.6 is 0 Å². The van der Waals surface area contributed by atoms with E-state index in [1.54, 1.807) is 35.2 Å². The lowest BCUT2D eigenvalue weighted by Crippen LogP contribution is -2.40. The minimum Gasteiger partial charge on any atom is -0.406 e. The number of alkyl halides is 3. The van der Waals surface area contributed by atoms with Crippen molar-refractivity contribution < 1.29 is 31.1 Å². The quantitative estimate of drug-likeness (QED) is 0.672. The molecule has 2 aromatic rings. The van der Waals surface area contributed by atoms with Crippen LogP contribution in [0.2, 0.25) is 0 Å². The van der Waals surface area contributed by atoms with E-state index in [9.17, 15) is 26.4 Å². The fraction of sp³-hybridized carbons (Fsp3) is 0.409. The van der Waals surface area contributed by atoms with E-state index in [0.717, 1.165) is 0 Å². The van der Waals surface area contributed by atoms with E-state index in [1.807, 2.05) is 0 Å². The van der Waals surface area contributed by atoms with Crippen LogP contribution in [0.3, 0.4) is 0 Å². The molecular formula is C22H22F3NO4S. The van der Waals surface area contributed by atoms with Crippen molar-refractivity contribution in [3.8, 4) is 5.75 Å². The Bertz CT molecular complexity index is 1040. The van der Waals surface area contributed by atoms with Crippen molar-refractivity contribution in [1.82, 2.24) is 0 Å². The number of carbonyl (C=O) groups is 1. The van der Waals surface area contributed by atoms with Crippen molar-refractivity contribution >= 4 is 21.4 Å². The highest BCUT2D eigenvalue weighted by Gasteiger charge is 2.50. The lowest BCUT2D eigenvalue weighted by molar-refractivity contribution is -0.274. The Kier molecular flexibility index (Phi) is 5.49. The van der Waals surface area contributed by atoms with Gasteiger partial charge in [-0.2, -0.15) is 0 Å². The fourth-order valence-corrected chi connectivity index (χ4v) is 6.39. The van der Waals surface area contributed by atoms with Crippen LogP contribution in [0.25, 0.3) is 0 Å². The molecular weight excluding hydrogens is 431 g/mol. The Hall–Kier alpha value is -2.55. The molecule has 2 aromatic carbocycles. The Morgan fingerprint density at radius 1 is 0.935 bits per heavy atom. The highest BCUT2D eigenvalue weighted by molar-refractivity contribution is 7.92. The molecule has 9 heteroatoms. The standard InChI is InChI=1S/C22H22F3NO4S/c23-22(24,25)30-17-8-6-16(7-9-17)26-15-14-21(20(26)27)12-10-19(11-13-21)31(28,29)18-4-2-1-3-5-18/h1-9,19H,10-15H2/t19-,21+. The van der Waals surface area contributed by atoms with Gasteiger partial charge in [-0.3, -0.25) is 4.79 Å². The average Bonchev–Trinajstić information content (AvgIpc) is 3.04. The lowest BCUT2D eigenvalue weighted by atomic mass is 9.73. The highest BCUT2D eigenvalue weighted by atomic mass is 32.2. The van der Waals surface area contributed by atoms with Gasteiger partial charge in [0, 0.05) is 12.2 Å². The molecule has 166 valence electrons. The number of benzene rings is 2. The zero-order chi connectivity index (χ0) is 22.3. The summed E-state index contributed by atoms with van der Waals surface area (Å²) >= 11 is 0. The number of halogens is 3. The summed E-state index contributed by atoms with van der Waals surface area (Å²) in [6.07, 6.45) is -2.38. The number of nitrogens with zero attached hydrogens (tertiary/aromatic N) is 1. The highest BCUT2D eigenvalue weighted by Crippen LogP contribution is 2.48. The van der Waals surface area contributed by atoms with Crippen molar-refractivity contribution in [3.63, 3.8) is 0 Å². The zero-order valence-corrected chi connectivity index (χ0v) is 17.5. The molecule has 0 radical (unpaired) electrons. The van der Waals surface area contributed by atoms with E-state index in [1.165, 1.54) is 24.3 Å². The molecule has 0 unspecified atom stereocenters. The fourth-order valence-electron chi connectivity index (χ4n) is 4.62. The van der Waals surface area contributed by atoms with Gasteiger partial charge < -0.3 is 9.64 Å². The Labute approximate surface area is 178 Å². The molecule has 2 fully saturated rings. The third-order valence-corrected chi connectivity index (χ3v) is 8.57. The maximum Gasteiger partial charge on any atom is 0.573 e. The lowest BCUT2D eigenvalue weighted by Gasteiger charge is -2.35. The summed E-state index contributed by atoms with van der Waals surface area (Å²) in [7, 11) is -3.44. The number of rotatable bonds is 4. The van der Waals surface area contributed by atoms with E-state index in [2.05, 4.69) is 4.74 Å². The van der Waals surface area contributed by atoms with Gasteiger partial charge >= 0.3 is 6.36 Å². The topological polar surface area (TPSA) is 63.7 Å². The number of hydrogen-bond donors (Lipinski definition) is 0. The molecule has 0 aromatic heterocycles. The smallest absolute Gasteiger partial charge is 0.406 e. The molecule has 5 nitrogen and oxygen atoms in total. The van der Waals surface area contributed by atoms with E-state index < -0.39 is 26.9 Å². The third kappa shape index (κ3) is 4.28. The van der Waals surface area contributed by atoms with E-state index >= 15 is 0 Å². The van der Waals surface area contributed by atoms with Crippen molar-refractivity contribution in [2.24, 2.45) is 5.41 Å². The Morgan fingerprint density at radius 3 is 2.13 bits per heavy atom. The van der Waals surface area contributed by atoms with Crippen LogP contribution in [0.5, 0.6) is 5.75 Å². The predicted octanol–water partition coefficient (Wildman–Crippen LogP) is 4.72. The normalized spacial score (nSPS) is 24.5. The van der Waals surface area contributed by atoms with E-state index in [-0.39, 0.29) is 11.7 Å². The number of sulfone groups is 1. The monoisotopic (exact) mass is 453 g/mol. The SMILES string of the molecule is O=C1N(c2ccc(OC(F)(F)F)cc2)CC[C@]12CC[C@H](S(=O)(=O)c1ccccc1)CC2. The maximum absolute atomic E-state index is 13.2. The van der Waals surface area contributed by atoms with Gasteiger partial charge in [-0.15, -0.1) is 13.2 Å². The second-order valence-corrected chi connectivity index (χ2v) is 10.3. The maximum atomic E-state index is 13.2. The zero-order valence-electron chi connectivity index (χ0n) is 16.6. The molecule has 0 atom stereocenters. The van der Waals surface area contributed by atoms with Gasteiger partial charge in [0.25, 0.3) is 0 Å². The van der Waals surface area contributed by atoms with Crippen LogP contribution in [0.15, 0.2) is 59.5 Å². The van der Waals surface area contributed by atoms with Crippen LogP contribution < -0.4 is 9.64 Å². The summed E-state index contributed by atoms with van der Waals surface area (Å²) in [5.41, 5.74) is -0.0976. The number of amides is 1. The predicted molar refractivity (Wildman–Crippen MR) is 108 cm³/mol. The van der Waals surface area contributed by atoms with Gasteiger partial charge in [-0.1, -0.05) is 18.2 Å². The molecule has 0 N–H and O–H groups in total. The van der Waals surface area contributed by atoms with Crippen LogP contribution in [-0.4, -0.2) is 32.5 Å². The number of carbonyl (C=O) groups excluding carboxylic acids is 1. The summed E-state index contributed by atoms with van der Waals surface area (Å²) < 4.78 is 66.7. The summed E-state index contributed by atoms with van der Waals surface area (Å²) in [5.74, 6) is -0.434. The summed E-state index contributed by atoms with van der Waals surface area (Å²) in [6.45, 7) is 0.453. The van der Waals surface area contributed by atoms with Crippen LogP contribution in [-0.2, 0) is 14.6 Å². The van der Waals surface area contributed by atoms with Gasteiger partial charge in [0.1, 0.15) is 5.75 Å². The van der Waals surface area contributed by atoms with Crippen molar-refractivity contribution in [2.45, 2.75) is 48.6 Å². The molecule has 0 bridgehead atoms. The average molecular weight is 453 g/mol. The van der Waals surface area contributed by atoms with Gasteiger partial charge in [0.15, 0.2) is 9.84 Å². The van der Waals surface area contributed by atoms with E-state index in [0.29, 0.717) is 49.2 Å². The number of anilines is 1. The first-order valence-electron chi connectivity index (χ1n) is 10.1. The van der Waals surface area contributed by atoms with Gasteiger partial charge in [-0.05, 0) is 68.5 Å². The molecule has 1 spiro atoms. The van der Waals surface area contributed by atoms with Crippen molar-refractivity contribution in [2.75, 3.05) is 11.4 Å². The summed E-state index contributed by atoms with van der Waals surface area (Å²) in [5, 5.41) is -0.513. The van der Waals surface area contributed by atoms with Gasteiger partial charge in [0.2, 0.25) is 5.91 Å². The van der Waals surface area contributed by atoms with Crippen LogP contribution in [0.1, 0.15) is 32.1 Å². The summed E-state index contributed by atoms with van der Waals surface area (Å²) in [6, 6.07) is 13.6. The Morgan fingerprint density at radius 2 is 1.55 bits per heavy atom. The molecule has 1 amide bonds. The van der Waals surface area contributed by atoms with E-state index in [4.69, 9.17) is 0 Å². The molecule has 2 aliphatic rings. The minimum atomic E-state index is -4.77. The van der Waals surface area contributed by atoms with Crippen molar-refractivity contribution in [1.29, 1.82) is 0 Å². The summed E-state index contributed by atoms with van der Waals surface area (Å²) in [4.78, 5) is 15.1. The van der Waals surface area contributed by atoms with Crippen LogP contribution in [0.4, 0.5) is 18.9 Å². The first-order chi connectivity index (χ1) is 14.6. The van der Waals surface area contributed by atoms with Crippen LogP contribution in [0, 0.1) is 5.41 Å².